The molecule has 2 heterocycles. The maximum atomic E-state index is 12.8. The fourth-order valence-corrected chi connectivity index (χ4v) is 6.69. The van der Waals surface area contributed by atoms with Crippen LogP contribution in [0.15, 0.2) is 6.33 Å². The van der Waals surface area contributed by atoms with Gasteiger partial charge in [0.2, 0.25) is 5.91 Å². The molecule has 1 aromatic heterocycles. The molecule has 1 amide bonds. The molecule has 6 rings (SSSR count). The van der Waals surface area contributed by atoms with Gasteiger partial charge in [0.25, 0.3) is 0 Å². The molecule has 5 aliphatic rings. The second-order valence-electron chi connectivity index (χ2n) is 9.27. The number of carbonyl (C=O) groups is 1. The summed E-state index contributed by atoms with van der Waals surface area (Å²) < 4.78 is 0. The van der Waals surface area contributed by atoms with E-state index in [0.29, 0.717) is 24.9 Å². The maximum absolute atomic E-state index is 12.8. The van der Waals surface area contributed by atoms with E-state index in [-0.39, 0.29) is 23.1 Å². The van der Waals surface area contributed by atoms with E-state index < -0.39 is 0 Å². The number of nitrogens with one attached hydrogen (secondary N) is 1. The zero-order valence-electron chi connectivity index (χ0n) is 15.2. The molecular formula is C18H28N6O2. The van der Waals surface area contributed by atoms with Crippen LogP contribution in [-0.4, -0.2) is 67.4 Å². The number of nitrogens with zero attached hydrogens (tertiary/aromatic N) is 5. The zero-order chi connectivity index (χ0) is 17.8. The molecule has 142 valence electrons. The number of likely N-dealkylation sites (tertiary alicyclic amines) is 1. The number of tetrazole rings is 1. The molecule has 8 nitrogen and oxygen atoms in total. The van der Waals surface area contributed by atoms with Crippen molar-refractivity contribution in [3.05, 3.63) is 6.33 Å². The van der Waals surface area contributed by atoms with Gasteiger partial charge in [-0.1, -0.05) is 0 Å². The molecule has 8 heteroatoms. The number of hydrogen-bond acceptors (Lipinski definition) is 6. The van der Waals surface area contributed by atoms with Crippen LogP contribution in [0.3, 0.4) is 0 Å². The van der Waals surface area contributed by atoms with Gasteiger partial charge in [0.05, 0.1) is 18.2 Å². The lowest BCUT2D eigenvalue weighted by Crippen LogP contribution is -2.66. The minimum Gasteiger partial charge on any atom is -0.392 e. The topological polar surface area (TPSA) is 96.2 Å². The van der Waals surface area contributed by atoms with Crippen molar-refractivity contribution in [3.8, 4) is 0 Å². The summed E-state index contributed by atoms with van der Waals surface area (Å²) in [5, 5.41) is 25.8. The first-order valence-corrected chi connectivity index (χ1v) is 9.99. The van der Waals surface area contributed by atoms with Crippen LogP contribution in [-0.2, 0) is 10.3 Å². The van der Waals surface area contributed by atoms with Gasteiger partial charge in [-0.25, -0.2) is 0 Å². The van der Waals surface area contributed by atoms with Crippen LogP contribution in [0.2, 0.25) is 0 Å². The normalized spacial score (nSPS) is 42.1. The van der Waals surface area contributed by atoms with E-state index in [1.165, 1.54) is 12.7 Å². The summed E-state index contributed by atoms with van der Waals surface area (Å²) in [4.78, 5) is 16.7. The molecule has 4 bridgehead atoms. The number of aromatic nitrogens is 4. The standard InChI is InChI=1S/C18H28N6O2/c25-15-2-1-3-23(9-15)10-16(26)21-17-5-13-4-14(6-17)8-18(7-13,11-17)24-20-12-19-22-24/h12-15,25H,1-11H2,(H,21,26)/t13-,14+,15-,17?,18?/m0/s1. The summed E-state index contributed by atoms with van der Waals surface area (Å²) in [6.07, 6.45) is 9.59. The van der Waals surface area contributed by atoms with Crippen LogP contribution in [0.4, 0.5) is 0 Å². The third kappa shape index (κ3) is 2.83. The van der Waals surface area contributed by atoms with Crippen LogP contribution in [0, 0.1) is 11.8 Å². The fraction of sp³-hybridized carbons (Fsp3) is 0.889. The summed E-state index contributed by atoms with van der Waals surface area (Å²) in [6, 6.07) is 0. The van der Waals surface area contributed by atoms with Gasteiger partial charge in [-0.15, -0.1) is 10.2 Å². The van der Waals surface area contributed by atoms with Crippen molar-refractivity contribution in [1.29, 1.82) is 0 Å². The number of rotatable bonds is 4. The number of aliphatic hydroxyl groups is 1. The van der Waals surface area contributed by atoms with Gasteiger partial charge < -0.3 is 10.4 Å². The van der Waals surface area contributed by atoms with Crippen molar-refractivity contribution in [1.82, 2.24) is 30.4 Å². The van der Waals surface area contributed by atoms with Crippen LogP contribution in [0.5, 0.6) is 0 Å². The Morgan fingerprint density at radius 1 is 1.27 bits per heavy atom. The number of piperidine rings is 1. The van der Waals surface area contributed by atoms with E-state index in [2.05, 4.69) is 25.6 Å². The molecule has 0 aromatic carbocycles. The second kappa shape index (κ2) is 5.99. The number of aliphatic hydroxyl groups excluding tert-OH is 1. The van der Waals surface area contributed by atoms with E-state index in [0.717, 1.165) is 51.5 Å². The van der Waals surface area contributed by atoms with E-state index in [1.807, 2.05) is 4.80 Å². The van der Waals surface area contributed by atoms with Gasteiger partial charge in [-0.3, -0.25) is 9.69 Å². The predicted molar refractivity (Wildman–Crippen MR) is 93.0 cm³/mol. The highest BCUT2D eigenvalue weighted by Crippen LogP contribution is 2.60. The Kier molecular flexibility index (Phi) is 3.83. The lowest BCUT2D eigenvalue weighted by molar-refractivity contribution is -0.133. The third-order valence-electron chi connectivity index (χ3n) is 7.06. The van der Waals surface area contributed by atoms with Gasteiger partial charge in [0.1, 0.15) is 0 Å². The Hall–Kier alpha value is -1.54. The lowest BCUT2D eigenvalue weighted by Gasteiger charge is -2.61. The minimum absolute atomic E-state index is 0.0742. The monoisotopic (exact) mass is 360 g/mol. The van der Waals surface area contributed by atoms with Gasteiger partial charge in [-0.2, -0.15) is 4.80 Å². The Morgan fingerprint density at radius 3 is 2.77 bits per heavy atom. The molecule has 2 N–H and O–H groups in total. The Morgan fingerprint density at radius 2 is 2.08 bits per heavy atom. The van der Waals surface area contributed by atoms with Crippen molar-refractivity contribution >= 4 is 5.91 Å². The van der Waals surface area contributed by atoms with Crippen molar-refractivity contribution in [3.63, 3.8) is 0 Å². The smallest absolute Gasteiger partial charge is 0.234 e. The zero-order valence-corrected chi connectivity index (χ0v) is 15.2. The number of β-amino-alcohol motifs (C(OH)–C–C–N with tert-alkyl or cyclic N) is 1. The van der Waals surface area contributed by atoms with Crippen molar-refractivity contribution in [2.45, 2.75) is 68.5 Å². The first-order chi connectivity index (χ1) is 12.5. The number of amides is 1. The molecule has 0 radical (unpaired) electrons. The second-order valence-corrected chi connectivity index (χ2v) is 9.27. The summed E-state index contributed by atoms with van der Waals surface area (Å²) in [5.41, 5.74) is -0.196. The summed E-state index contributed by atoms with van der Waals surface area (Å²) in [7, 11) is 0. The number of carbonyl (C=O) groups excluding carboxylic acids is 1. The molecule has 5 fully saturated rings. The molecule has 1 saturated heterocycles. The first kappa shape index (κ1) is 16.6. The number of hydrogen-bond donors (Lipinski definition) is 2. The molecule has 4 saturated carbocycles. The van der Waals surface area contributed by atoms with Crippen molar-refractivity contribution in [2.75, 3.05) is 19.6 Å². The summed E-state index contributed by atoms with van der Waals surface area (Å²) >= 11 is 0. The van der Waals surface area contributed by atoms with Gasteiger partial charge in [0.15, 0.2) is 6.33 Å². The van der Waals surface area contributed by atoms with E-state index in [9.17, 15) is 9.90 Å². The molecule has 26 heavy (non-hydrogen) atoms. The largest absolute Gasteiger partial charge is 0.392 e. The average Bonchev–Trinajstić information content (AvgIpc) is 3.08. The molecular weight excluding hydrogens is 332 g/mol. The van der Waals surface area contributed by atoms with Crippen LogP contribution in [0.25, 0.3) is 0 Å². The average molecular weight is 360 g/mol. The Balaban J connectivity index is 1.31. The fourth-order valence-electron chi connectivity index (χ4n) is 6.69. The highest BCUT2D eigenvalue weighted by molar-refractivity contribution is 5.79. The van der Waals surface area contributed by atoms with Crippen LogP contribution >= 0.6 is 0 Å². The van der Waals surface area contributed by atoms with E-state index in [4.69, 9.17) is 0 Å². The molecule has 1 aliphatic heterocycles. The van der Waals surface area contributed by atoms with E-state index >= 15 is 0 Å². The SMILES string of the molecule is O=C(CN1CCC[C@H](O)C1)NC12C[C@H]3C[C@@H](C1)CC(n1ncnn1)(C3)C2. The van der Waals surface area contributed by atoms with Gasteiger partial charge >= 0.3 is 0 Å². The van der Waals surface area contributed by atoms with Crippen molar-refractivity contribution in [2.24, 2.45) is 11.8 Å². The van der Waals surface area contributed by atoms with Gasteiger partial charge in [-0.05, 0) is 75.0 Å². The molecule has 0 spiro atoms. The summed E-state index contributed by atoms with van der Waals surface area (Å²) in [5.74, 6) is 1.38. The van der Waals surface area contributed by atoms with Gasteiger partial charge in [0, 0.05) is 12.1 Å². The first-order valence-electron chi connectivity index (χ1n) is 9.99. The highest BCUT2D eigenvalue weighted by atomic mass is 16.3. The molecule has 4 aliphatic carbocycles. The quantitative estimate of drug-likeness (QED) is 0.801. The van der Waals surface area contributed by atoms with Crippen LogP contribution in [0.1, 0.15) is 51.4 Å². The maximum Gasteiger partial charge on any atom is 0.234 e. The Labute approximate surface area is 153 Å². The molecule has 5 atom stereocenters. The highest BCUT2D eigenvalue weighted by Gasteiger charge is 2.60. The Bertz CT molecular complexity index is 663. The minimum atomic E-state index is -0.294. The lowest BCUT2D eigenvalue weighted by atomic mass is 9.50. The molecule has 2 unspecified atom stereocenters. The summed E-state index contributed by atoms with van der Waals surface area (Å²) in [6.45, 7) is 1.90. The van der Waals surface area contributed by atoms with E-state index in [1.54, 1.807) is 0 Å². The molecule has 1 aromatic rings. The predicted octanol–water partition coefficient (Wildman–Crippen LogP) is 0.294. The third-order valence-corrected chi connectivity index (χ3v) is 7.06. The van der Waals surface area contributed by atoms with Crippen molar-refractivity contribution < 1.29 is 9.90 Å². The van der Waals surface area contributed by atoms with Crippen LogP contribution < -0.4 is 5.32 Å².